The lowest BCUT2D eigenvalue weighted by Gasteiger charge is -1.89. The van der Waals surface area contributed by atoms with Crippen molar-refractivity contribution in [3.63, 3.8) is 0 Å². The van der Waals surface area contributed by atoms with E-state index in [1.165, 1.54) is 0 Å². The molecule has 1 aromatic heterocycles. The normalized spacial score (nSPS) is 9.08. The third-order valence-corrected chi connectivity index (χ3v) is 1.41. The number of carboxylic acids is 1. The predicted molar refractivity (Wildman–Crippen MR) is 37.9 cm³/mol. The van der Waals surface area contributed by atoms with Gasteiger partial charge in [-0.3, -0.25) is 4.79 Å². The van der Waals surface area contributed by atoms with E-state index in [2.05, 4.69) is 0 Å². The van der Waals surface area contributed by atoms with Gasteiger partial charge in [-0.25, -0.2) is 9.13 Å². The second-order valence-electron chi connectivity index (χ2n) is 2.46. The summed E-state index contributed by atoms with van der Waals surface area (Å²) in [5.41, 5.74) is 0. The zero-order valence-electron chi connectivity index (χ0n) is 6.77. The predicted octanol–water partition coefficient (Wildman–Crippen LogP) is -3.21. The van der Waals surface area contributed by atoms with Crippen LogP contribution in [0.4, 0.5) is 0 Å². The van der Waals surface area contributed by atoms with Gasteiger partial charge in [0.15, 0.2) is 0 Å². The molecule has 5 heteroatoms. The molecule has 0 bridgehead atoms. The Labute approximate surface area is 76.8 Å². The number of hydrogen-bond donors (Lipinski definition) is 1. The van der Waals surface area contributed by atoms with Gasteiger partial charge >= 0.3 is 5.97 Å². The Morgan fingerprint density at radius 1 is 1.67 bits per heavy atom. The standard InChI is InChI=1S/C7H10N2O2.ClH/c1-8-4-5-9(6-8)3-2-7(10)11;/h4-6H,2-3H2,1H3;1H. The van der Waals surface area contributed by atoms with Crippen LogP contribution >= 0.6 is 0 Å². The number of carbonyl (C=O) groups is 1. The highest BCUT2D eigenvalue weighted by atomic mass is 35.5. The molecular weight excluding hydrogens is 180 g/mol. The number of aryl methyl sites for hydroxylation is 2. The fourth-order valence-electron chi connectivity index (χ4n) is 0.859. The van der Waals surface area contributed by atoms with Gasteiger partial charge in [-0.2, -0.15) is 0 Å². The van der Waals surface area contributed by atoms with Crippen LogP contribution in [0.3, 0.4) is 0 Å². The van der Waals surface area contributed by atoms with Gasteiger partial charge in [0.2, 0.25) is 6.33 Å². The quantitative estimate of drug-likeness (QED) is 0.511. The molecular formula is C7H11ClN2O2. The van der Waals surface area contributed by atoms with Crippen molar-refractivity contribution in [2.24, 2.45) is 7.05 Å². The van der Waals surface area contributed by atoms with E-state index >= 15 is 0 Å². The summed E-state index contributed by atoms with van der Waals surface area (Å²) < 4.78 is 3.72. The first-order chi connectivity index (χ1) is 5.18. The molecule has 0 fully saturated rings. The number of hydrogen-bond acceptors (Lipinski definition) is 1. The summed E-state index contributed by atoms with van der Waals surface area (Å²) in [6, 6.07) is 0. The monoisotopic (exact) mass is 190 g/mol. The van der Waals surface area contributed by atoms with Crippen molar-refractivity contribution in [3.05, 3.63) is 18.7 Å². The van der Waals surface area contributed by atoms with Crippen molar-refractivity contribution in [2.75, 3.05) is 0 Å². The van der Waals surface area contributed by atoms with E-state index in [9.17, 15) is 4.79 Å². The maximum Gasteiger partial charge on any atom is 0.307 e. The highest BCUT2D eigenvalue weighted by Gasteiger charge is 2.02. The Morgan fingerprint density at radius 2 is 2.33 bits per heavy atom. The number of carboxylic acid groups (broad SMARTS) is 1. The number of halogens is 1. The molecule has 1 rings (SSSR count). The van der Waals surface area contributed by atoms with E-state index < -0.39 is 5.97 Å². The first-order valence-electron chi connectivity index (χ1n) is 3.41. The van der Waals surface area contributed by atoms with Crippen LogP contribution in [0.5, 0.6) is 0 Å². The van der Waals surface area contributed by atoms with Crippen molar-refractivity contribution in [3.8, 4) is 0 Å². The Morgan fingerprint density at radius 3 is 2.75 bits per heavy atom. The number of rotatable bonds is 3. The molecule has 0 saturated heterocycles. The lowest BCUT2D eigenvalue weighted by molar-refractivity contribution is -0.671. The van der Waals surface area contributed by atoms with Gasteiger partial charge in [0.25, 0.3) is 0 Å². The van der Waals surface area contributed by atoms with Crippen LogP contribution in [0.25, 0.3) is 0 Å². The second kappa shape index (κ2) is 4.77. The van der Waals surface area contributed by atoms with Gasteiger partial charge in [0.05, 0.1) is 13.5 Å². The van der Waals surface area contributed by atoms with Gasteiger partial charge in [0.1, 0.15) is 18.9 Å². The summed E-state index contributed by atoms with van der Waals surface area (Å²) >= 11 is 0. The molecule has 0 atom stereocenters. The Bertz CT molecular complexity index is 260. The Kier molecular flexibility index (Phi) is 4.36. The smallest absolute Gasteiger partial charge is 0.307 e. The zero-order valence-corrected chi connectivity index (χ0v) is 7.53. The minimum atomic E-state index is -0.763. The van der Waals surface area contributed by atoms with Gasteiger partial charge in [0, 0.05) is 0 Å². The minimum Gasteiger partial charge on any atom is -1.00 e. The summed E-state index contributed by atoms with van der Waals surface area (Å²) in [5.74, 6) is -0.763. The third-order valence-electron chi connectivity index (χ3n) is 1.41. The summed E-state index contributed by atoms with van der Waals surface area (Å²) in [4.78, 5) is 10.2. The third kappa shape index (κ3) is 3.39. The molecule has 0 aliphatic rings. The second-order valence-corrected chi connectivity index (χ2v) is 2.46. The molecule has 0 aromatic carbocycles. The lowest BCUT2D eigenvalue weighted by atomic mass is 10.4. The van der Waals surface area contributed by atoms with Crippen molar-refractivity contribution in [2.45, 2.75) is 13.0 Å². The van der Waals surface area contributed by atoms with Crippen LogP contribution < -0.4 is 17.0 Å². The molecule has 12 heavy (non-hydrogen) atoms. The average Bonchev–Trinajstić information content (AvgIpc) is 2.31. The van der Waals surface area contributed by atoms with Crippen molar-refractivity contribution < 1.29 is 26.9 Å². The number of aromatic nitrogens is 2. The SMILES string of the molecule is C[n+]1ccn(CCC(=O)O)c1.[Cl-]. The molecule has 0 aliphatic carbocycles. The summed E-state index contributed by atoms with van der Waals surface area (Å²) in [6.07, 6.45) is 5.75. The largest absolute Gasteiger partial charge is 1.00 e. The van der Waals surface area contributed by atoms with E-state index in [0.29, 0.717) is 6.54 Å². The van der Waals surface area contributed by atoms with Crippen LogP contribution in [0.1, 0.15) is 6.42 Å². The number of aliphatic carboxylic acids is 1. The van der Waals surface area contributed by atoms with E-state index in [4.69, 9.17) is 5.11 Å². The first-order valence-corrected chi connectivity index (χ1v) is 3.41. The fourth-order valence-corrected chi connectivity index (χ4v) is 0.859. The molecule has 1 heterocycles. The maximum absolute atomic E-state index is 10.2. The van der Waals surface area contributed by atoms with E-state index in [0.717, 1.165) is 0 Å². The maximum atomic E-state index is 10.2. The summed E-state index contributed by atoms with van der Waals surface area (Å²) in [5, 5.41) is 8.36. The Balaban J connectivity index is 0.00000121. The fraction of sp³-hybridized carbons (Fsp3) is 0.429. The molecule has 0 spiro atoms. The van der Waals surface area contributed by atoms with Crippen molar-refractivity contribution in [1.82, 2.24) is 4.57 Å². The molecule has 0 amide bonds. The first kappa shape index (κ1) is 11.0. The number of nitrogens with zero attached hydrogens (tertiary/aromatic N) is 2. The molecule has 0 saturated carbocycles. The van der Waals surface area contributed by atoms with Gasteiger partial charge < -0.3 is 17.5 Å². The van der Waals surface area contributed by atoms with Crippen LogP contribution in [0.15, 0.2) is 18.7 Å². The summed E-state index contributed by atoms with van der Waals surface area (Å²) in [6.45, 7) is 0.538. The Hall–Kier alpha value is -1.03. The van der Waals surface area contributed by atoms with E-state index in [1.54, 1.807) is 0 Å². The molecule has 0 unspecified atom stereocenters. The van der Waals surface area contributed by atoms with Gasteiger partial charge in [-0.1, -0.05) is 0 Å². The average molecular weight is 191 g/mol. The molecule has 68 valence electrons. The molecule has 0 radical (unpaired) electrons. The highest BCUT2D eigenvalue weighted by molar-refractivity contribution is 5.66. The number of imidazole rings is 1. The molecule has 0 aliphatic heterocycles. The zero-order chi connectivity index (χ0) is 8.27. The summed E-state index contributed by atoms with van der Waals surface area (Å²) in [7, 11) is 1.90. The van der Waals surface area contributed by atoms with Crippen LogP contribution in [-0.4, -0.2) is 15.6 Å². The minimum absolute atomic E-state index is 0. The molecule has 4 nitrogen and oxygen atoms in total. The molecule has 1 aromatic rings. The van der Waals surface area contributed by atoms with E-state index in [1.807, 2.05) is 34.9 Å². The highest BCUT2D eigenvalue weighted by Crippen LogP contribution is 1.88. The van der Waals surface area contributed by atoms with Crippen LogP contribution in [0.2, 0.25) is 0 Å². The van der Waals surface area contributed by atoms with Crippen molar-refractivity contribution >= 4 is 5.97 Å². The lowest BCUT2D eigenvalue weighted by Crippen LogP contribution is -3.00. The van der Waals surface area contributed by atoms with Crippen LogP contribution in [0, 0.1) is 0 Å². The van der Waals surface area contributed by atoms with Crippen LogP contribution in [-0.2, 0) is 18.4 Å². The van der Waals surface area contributed by atoms with Gasteiger partial charge in [-0.05, 0) is 0 Å². The van der Waals surface area contributed by atoms with Gasteiger partial charge in [-0.15, -0.1) is 0 Å². The molecule has 1 N–H and O–H groups in total. The van der Waals surface area contributed by atoms with Crippen molar-refractivity contribution in [1.29, 1.82) is 0 Å². The van der Waals surface area contributed by atoms with E-state index in [-0.39, 0.29) is 18.8 Å². The topological polar surface area (TPSA) is 46.1 Å².